The van der Waals surface area contributed by atoms with Gasteiger partial charge in [0.1, 0.15) is 11.7 Å². The zero-order valence-corrected chi connectivity index (χ0v) is 14.2. The van der Waals surface area contributed by atoms with Crippen molar-refractivity contribution in [3.05, 3.63) is 71.8 Å². The molecule has 25 heavy (non-hydrogen) atoms. The van der Waals surface area contributed by atoms with Crippen molar-refractivity contribution in [1.29, 1.82) is 0 Å². The number of carbonyl (C=O) groups excluding carboxylic acids is 1. The Bertz CT molecular complexity index is 1050. The third-order valence-corrected chi connectivity index (χ3v) is 4.85. The summed E-state index contributed by atoms with van der Waals surface area (Å²) in [6.45, 7) is 2.02. The Morgan fingerprint density at radius 3 is 2.44 bits per heavy atom. The fourth-order valence-corrected chi connectivity index (χ4v) is 3.39. The number of allylic oxidation sites excluding steroid dienone is 2. The average molecular weight is 326 g/mol. The van der Waals surface area contributed by atoms with Crippen LogP contribution in [-0.4, -0.2) is 13.1 Å². The minimum Gasteiger partial charge on any atom is -0.497 e. The first kappa shape index (κ1) is 15.4. The van der Waals surface area contributed by atoms with Gasteiger partial charge >= 0.3 is 0 Å². The molecule has 0 saturated heterocycles. The lowest BCUT2D eigenvalue weighted by atomic mass is 9.85. The van der Waals surface area contributed by atoms with Crippen molar-refractivity contribution in [2.75, 3.05) is 7.11 Å². The predicted octanol–water partition coefficient (Wildman–Crippen LogP) is 5.39. The lowest BCUT2D eigenvalue weighted by molar-refractivity contribution is 0.415. The second kappa shape index (κ2) is 6.08. The van der Waals surface area contributed by atoms with Crippen LogP contribution < -0.4 is 4.74 Å². The normalized spacial score (nSPS) is 15.8. The molecular formula is C23H18O2. The number of hydrogen-bond acceptors (Lipinski definition) is 2. The molecule has 0 amide bonds. The van der Waals surface area contributed by atoms with Crippen LogP contribution in [0, 0.1) is 5.92 Å². The van der Waals surface area contributed by atoms with Gasteiger partial charge in [0.15, 0.2) is 0 Å². The van der Waals surface area contributed by atoms with Crippen molar-refractivity contribution in [2.24, 2.45) is 5.92 Å². The van der Waals surface area contributed by atoms with Crippen LogP contribution >= 0.6 is 0 Å². The van der Waals surface area contributed by atoms with E-state index in [2.05, 4.69) is 54.5 Å². The molecule has 122 valence electrons. The summed E-state index contributed by atoms with van der Waals surface area (Å²) in [7, 11) is 1.68. The van der Waals surface area contributed by atoms with E-state index in [1.165, 1.54) is 5.39 Å². The van der Waals surface area contributed by atoms with Crippen LogP contribution in [0.1, 0.15) is 18.1 Å². The molecule has 3 aromatic rings. The first-order chi connectivity index (χ1) is 12.2. The molecular weight excluding hydrogens is 308 g/mol. The Labute approximate surface area is 147 Å². The van der Waals surface area contributed by atoms with Crippen molar-refractivity contribution in [3.8, 4) is 16.9 Å². The van der Waals surface area contributed by atoms with Crippen molar-refractivity contribution in [3.63, 3.8) is 0 Å². The standard InChI is InChI=1S/C23H18O2/c1-15-3-4-20-12-18(8-10-22(20)23(15)14-24)16-5-6-19-13-21(25-2)9-7-17(19)11-16/h3-13,15H,1-2H3. The van der Waals surface area contributed by atoms with Gasteiger partial charge in [-0.05, 0) is 57.3 Å². The summed E-state index contributed by atoms with van der Waals surface area (Å²) in [5, 5.41) is 2.33. The summed E-state index contributed by atoms with van der Waals surface area (Å²) >= 11 is 0. The summed E-state index contributed by atoms with van der Waals surface area (Å²) in [5.41, 5.74) is 5.09. The number of benzene rings is 3. The predicted molar refractivity (Wildman–Crippen MR) is 103 cm³/mol. The zero-order valence-electron chi connectivity index (χ0n) is 14.2. The first-order valence-corrected chi connectivity index (χ1v) is 8.35. The van der Waals surface area contributed by atoms with Gasteiger partial charge in [-0.15, -0.1) is 0 Å². The molecule has 0 radical (unpaired) electrons. The molecule has 3 aromatic carbocycles. The Morgan fingerprint density at radius 2 is 1.64 bits per heavy atom. The molecule has 1 aliphatic rings. The Hall–Kier alpha value is -3.09. The molecule has 0 aliphatic heterocycles. The van der Waals surface area contributed by atoms with Crippen LogP contribution in [0.4, 0.5) is 0 Å². The SMILES string of the molecule is COc1ccc2cc(-c3ccc4c(c3)C=CC(C)C4=C=O)ccc2c1. The number of rotatable bonds is 2. The summed E-state index contributed by atoms with van der Waals surface area (Å²) < 4.78 is 5.29. The van der Waals surface area contributed by atoms with E-state index < -0.39 is 0 Å². The smallest absolute Gasteiger partial charge is 0.129 e. The van der Waals surface area contributed by atoms with Crippen molar-refractivity contribution in [1.82, 2.24) is 0 Å². The maximum Gasteiger partial charge on any atom is 0.129 e. The molecule has 0 N–H and O–H groups in total. The summed E-state index contributed by atoms with van der Waals surface area (Å²) in [6.07, 6.45) is 4.15. The quantitative estimate of drug-likeness (QED) is 0.590. The summed E-state index contributed by atoms with van der Waals surface area (Å²) in [5.74, 6) is 3.09. The molecule has 0 fully saturated rings. The van der Waals surface area contributed by atoms with Crippen LogP contribution in [0.15, 0.2) is 60.7 Å². The van der Waals surface area contributed by atoms with E-state index in [0.29, 0.717) is 0 Å². The van der Waals surface area contributed by atoms with Gasteiger partial charge in [-0.25, -0.2) is 4.79 Å². The molecule has 0 bridgehead atoms. The number of hydrogen-bond donors (Lipinski definition) is 0. The molecule has 0 saturated carbocycles. The first-order valence-electron chi connectivity index (χ1n) is 8.35. The van der Waals surface area contributed by atoms with Crippen LogP contribution in [0.3, 0.4) is 0 Å². The van der Waals surface area contributed by atoms with Gasteiger partial charge in [-0.3, -0.25) is 0 Å². The molecule has 1 unspecified atom stereocenters. The minimum atomic E-state index is 0.117. The number of ether oxygens (including phenoxy) is 1. The maximum absolute atomic E-state index is 11.3. The van der Waals surface area contributed by atoms with E-state index in [9.17, 15) is 4.79 Å². The number of methoxy groups -OCH3 is 1. The molecule has 0 aromatic heterocycles. The lowest BCUT2D eigenvalue weighted by Crippen LogP contribution is -2.03. The van der Waals surface area contributed by atoms with Gasteiger partial charge in [0.25, 0.3) is 0 Å². The third-order valence-electron chi connectivity index (χ3n) is 4.85. The minimum absolute atomic E-state index is 0.117. The van der Waals surface area contributed by atoms with Gasteiger partial charge < -0.3 is 4.74 Å². The van der Waals surface area contributed by atoms with Gasteiger partial charge in [-0.2, -0.15) is 0 Å². The van der Waals surface area contributed by atoms with E-state index >= 15 is 0 Å². The van der Waals surface area contributed by atoms with Gasteiger partial charge in [-0.1, -0.05) is 49.4 Å². The summed E-state index contributed by atoms with van der Waals surface area (Å²) in [6, 6.07) is 18.8. The molecule has 2 nitrogen and oxygen atoms in total. The second-order valence-corrected chi connectivity index (χ2v) is 6.39. The van der Waals surface area contributed by atoms with E-state index in [0.717, 1.165) is 39.0 Å². The molecule has 0 spiro atoms. The molecule has 2 heteroatoms. The fraction of sp³-hybridized carbons (Fsp3) is 0.130. The zero-order chi connectivity index (χ0) is 17.4. The van der Waals surface area contributed by atoms with Gasteiger partial charge in [0.2, 0.25) is 0 Å². The van der Waals surface area contributed by atoms with Crippen LogP contribution in [0.2, 0.25) is 0 Å². The van der Waals surface area contributed by atoms with Gasteiger partial charge in [0.05, 0.1) is 12.7 Å². The van der Waals surface area contributed by atoms with Crippen LogP contribution in [0.5, 0.6) is 5.75 Å². The lowest BCUT2D eigenvalue weighted by Gasteiger charge is -2.18. The Balaban J connectivity index is 1.80. The largest absolute Gasteiger partial charge is 0.497 e. The van der Waals surface area contributed by atoms with Crippen LogP contribution in [-0.2, 0) is 4.79 Å². The number of fused-ring (bicyclic) bond motifs is 2. The molecule has 0 heterocycles. The van der Waals surface area contributed by atoms with Crippen molar-refractivity contribution >= 4 is 28.4 Å². The van der Waals surface area contributed by atoms with E-state index in [1.807, 2.05) is 25.1 Å². The van der Waals surface area contributed by atoms with Crippen molar-refractivity contribution < 1.29 is 9.53 Å². The van der Waals surface area contributed by atoms with E-state index in [1.54, 1.807) is 7.11 Å². The third kappa shape index (κ3) is 2.67. The van der Waals surface area contributed by atoms with Crippen molar-refractivity contribution in [2.45, 2.75) is 6.92 Å². The van der Waals surface area contributed by atoms with Crippen LogP contribution in [0.25, 0.3) is 33.5 Å². The highest BCUT2D eigenvalue weighted by Gasteiger charge is 2.17. The highest BCUT2D eigenvalue weighted by Crippen LogP contribution is 2.34. The molecule has 1 aliphatic carbocycles. The maximum atomic E-state index is 11.3. The average Bonchev–Trinajstić information content (AvgIpc) is 2.66. The monoisotopic (exact) mass is 326 g/mol. The van der Waals surface area contributed by atoms with E-state index in [4.69, 9.17) is 4.74 Å². The highest BCUT2D eigenvalue weighted by molar-refractivity contribution is 5.96. The molecule has 4 rings (SSSR count). The van der Waals surface area contributed by atoms with Gasteiger partial charge in [0, 0.05) is 5.92 Å². The Morgan fingerprint density at radius 1 is 0.920 bits per heavy atom. The second-order valence-electron chi connectivity index (χ2n) is 6.39. The Kier molecular flexibility index (Phi) is 3.76. The highest BCUT2D eigenvalue weighted by atomic mass is 16.5. The summed E-state index contributed by atoms with van der Waals surface area (Å²) in [4.78, 5) is 11.3. The topological polar surface area (TPSA) is 26.3 Å². The fourth-order valence-electron chi connectivity index (χ4n) is 3.39. The van der Waals surface area contributed by atoms with E-state index in [-0.39, 0.29) is 5.92 Å². The molecule has 1 atom stereocenters.